The summed E-state index contributed by atoms with van der Waals surface area (Å²) < 4.78 is 11.1. The molecule has 4 rings (SSSR count). The van der Waals surface area contributed by atoms with Crippen LogP contribution in [0.5, 0.6) is 0 Å². The van der Waals surface area contributed by atoms with Crippen molar-refractivity contribution in [1.29, 1.82) is 0 Å². The second-order valence-corrected chi connectivity index (χ2v) is 8.22. The van der Waals surface area contributed by atoms with Gasteiger partial charge in [0.05, 0.1) is 12.2 Å². The maximum absolute atomic E-state index is 12.9. The Bertz CT molecular complexity index is 918. The summed E-state index contributed by atoms with van der Waals surface area (Å²) in [4.78, 5) is 28.9. The highest BCUT2D eigenvalue weighted by Crippen LogP contribution is 2.36. The molecule has 2 atom stereocenters. The molecule has 1 saturated heterocycles. The molecule has 29 heavy (non-hydrogen) atoms. The van der Waals surface area contributed by atoms with E-state index < -0.39 is 12.0 Å². The third kappa shape index (κ3) is 4.09. The standard InChI is InChI=1S/C21H25N3O4S/c1-3-27-20(25)18-14(12-24-10-4-6-15(24)17-7-5-11-29-17)22-21(26)23-19(18)16-9-8-13(2)28-16/h5,7-9,11,15,19H,3-4,6,10,12H2,1-2H3,(H2,22,23,26)/t15-,19+/m1/s1. The van der Waals surface area contributed by atoms with Crippen molar-refractivity contribution in [1.82, 2.24) is 15.5 Å². The molecule has 2 aromatic heterocycles. The summed E-state index contributed by atoms with van der Waals surface area (Å²) in [7, 11) is 0. The SMILES string of the molecule is CCOC(=O)C1=C(CN2CCC[C@@H]2c2cccs2)NC(=O)N[C@H]1c1ccc(C)o1. The van der Waals surface area contributed by atoms with E-state index in [1.54, 1.807) is 24.3 Å². The number of rotatable bonds is 6. The molecule has 2 aromatic rings. The maximum Gasteiger partial charge on any atom is 0.338 e. The molecule has 8 heteroatoms. The molecule has 1 fully saturated rings. The molecule has 0 bridgehead atoms. The van der Waals surface area contributed by atoms with Crippen molar-refractivity contribution < 1.29 is 18.7 Å². The number of carbonyl (C=O) groups is 2. The zero-order chi connectivity index (χ0) is 20.4. The van der Waals surface area contributed by atoms with E-state index in [-0.39, 0.29) is 12.6 Å². The predicted molar refractivity (Wildman–Crippen MR) is 109 cm³/mol. The zero-order valence-electron chi connectivity index (χ0n) is 16.6. The van der Waals surface area contributed by atoms with Crippen LogP contribution in [-0.4, -0.2) is 36.6 Å². The Kier molecular flexibility index (Phi) is 5.73. The lowest BCUT2D eigenvalue weighted by atomic mass is 9.99. The highest BCUT2D eigenvalue weighted by molar-refractivity contribution is 7.10. The van der Waals surface area contributed by atoms with Gasteiger partial charge in [-0.3, -0.25) is 4.90 Å². The third-order valence-electron chi connectivity index (χ3n) is 5.29. The molecule has 0 aliphatic carbocycles. The van der Waals surface area contributed by atoms with Gasteiger partial charge >= 0.3 is 12.0 Å². The number of likely N-dealkylation sites (tertiary alicyclic amines) is 1. The van der Waals surface area contributed by atoms with Crippen LogP contribution in [0.4, 0.5) is 4.79 Å². The molecule has 0 radical (unpaired) electrons. The van der Waals surface area contributed by atoms with Gasteiger partial charge < -0.3 is 19.8 Å². The average molecular weight is 416 g/mol. The van der Waals surface area contributed by atoms with E-state index >= 15 is 0 Å². The second-order valence-electron chi connectivity index (χ2n) is 7.24. The van der Waals surface area contributed by atoms with Gasteiger partial charge in [0.1, 0.15) is 17.6 Å². The first-order chi connectivity index (χ1) is 14.1. The van der Waals surface area contributed by atoms with E-state index in [0.29, 0.717) is 29.6 Å². The highest BCUT2D eigenvalue weighted by Gasteiger charge is 2.37. The maximum atomic E-state index is 12.9. The van der Waals surface area contributed by atoms with Crippen molar-refractivity contribution in [2.45, 2.75) is 38.8 Å². The number of amides is 2. The smallest absolute Gasteiger partial charge is 0.338 e. The largest absolute Gasteiger partial charge is 0.464 e. The number of thiophene rings is 1. The molecule has 2 aliphatic heterocycles. The van der Waals surface area contributed by atoms with Crippen LogP contribution in [0.15, 0.2) is 45.3 Å². The van der Waals surface area contributed by atoms with E-state index in [2.05, 4.69) is 33.0 Å². The minimum atomic E-state index is -0.672. The fourth-order valence-corrected chi connectivity index (χ4v) is 4.93. The van der Waals surface area contributed by atoms with Gasteiger partial charge in [0, 0.05) is 23.2 Å². The first-order valence-electron chi connectivity index (χ1n) is 9.88. The number of aryl methyl sites for hydroxylation is 1. The molecule has 7 nitrogen and oxygen atoms in total. The molecular formula is C21H25N3O4S. The van der Waals surface area contributed by atoms with Crippen LogP contribution in [-0.2, 0) is 9.53 Å². The number of nitrogens with zero attached hydrogens (tertiary/aromatic N) is 1. The Labute approximate surface area is 173 Å². The van der Waals surface area contributed by atoms with Gasteiger partial charge in [-0.05, 0) is 56.8 Å². The molecule has 0 aromatic carbocycles. The molecule has 0 spiro atoms. The lowest BCUT2D eigenvalue weighted by Crippen LogP contribution is -2.48. The van der Waals surface area contributed by atoms with Crippen LogP contribution >= 0.6 is 11.3 Å². The van der Waals surface area contributed by atoms with Gasteiger partial charge in [-0.25, -0.2) is 9.59 Å². The number of urea groups is 1. The molecule has 0 saturated carbocycles. The van der Waals surface area contributed by atoms with Crippen LogP contribution < -0.4 is 10.6 Å². The number of hydrogen-bond acceptors (Lipinski definition) is 6. The molecule has 2 N–H and O–H groups in total. The molecule has 2 aliphatic rings. The van der Waals surface area contributed by atoms with Gasteiger partial charge in [0.25, 0.3) is 0 Å². The van der Waals surface area contributed by atoms with Crippen LogP contribution in [0.3, 0.4) is 0 Å². The van der Waals surface area contributed by atoms with Gasteiger partial charge in [-0.15, -0.1) is 11.3 Å². The molecular weight excluding hydrogens is 390 g/mol. The summed E-state index contributed by atoms with van der Waals surface area (Å²) in [5.74, 6) is 0.796. The Morgan fingerprint density at radius 2 is 2.24 bits per heavy atom. The number of carbonyl (C=O) groups excluding carboxylic acids is 2. The number of furan rings is 1. The van der Waals surface area contributed by atoms with Gasteiger partial charge in [0.2, 0.25) is 0 Å². The van der Waals surface area contributed by atoms with Crippen molar-refractivity contribution in [3.63, 3.8) is 0 Å². The summed E-state index contributed by atoms with van der Waals surface area (Å²) in [5.41, 5.74) is 0.979. The second kappa shape index (κ2) is 8.42. The van der Waals surface area contributed by atoms with E-state index in [4.69, 9.17) is 9.15 Å². The summed E-state index contributed by atoms with van der Waals surface area (Å²) >= 11 is 1.74. The van der Waals surface area contributed by atoms with E-state index in [1.165, 1.54) is 4.88 Å². The van der Waals surface area contributed by atoms with Crippen LogP contribution in [0.1, 0.15) is 48.2 Å². The van der Waals surface area contributed by atoms with Gasteiger partial charge in [-0.2, -0.15) is 0 Å². The van der Waals surface area contributed by atoms with Crippen molar-refractivity contribution in [2.24, 2.45) is 0 Å². The number of ether oxygens (including phenoxy) is 1. The molecule has 154 valence electrons. The summed E-state index contributed by atoms with van der Waals surface area (Å²) in [6.45, 7) is 5.24. The van der Waals surface area contributed by atoms with Crippen molar-refractivity contribution in [3.05, 3.63) is 57.3 Å². The van der Waals surface area contributed by atoms with Gasteiger partial charge in [-0.1, -0.05) is 6.07 Å². The van der Waals surface area contributed by atoms with E-state index in [0.717, 1.165) is 25.1 Å². The minimum absolute atomic E-state index is 0.259. The van der Waals surface area contributed by atoms with Crippen LogP contribution in [0.2, 0.25) is 0 Å². The van der Waals surface area contributed by atoms with E-state index in [1.807, 2.05) is 13.0 Å². The Hall–Kier alpha value is -2.58. The molecule has 2 amide bonds. The molecule has 0 unspecified atom stereocenters. The van der Waals surface area contributed by atoms with Gasteiger partial charge in [0.15, 0.2) is 0 Å². The lowest BCUT2D eigenvalue weighted by molar-refractivity contribution is -0.139. The zero-order valence-corrected chi connectivity index (χ0v) is 17.4. The van der Waals surface area contributed by atoms with E-state index in [9.17, 15) is 9.59 Å². The minimum Gasteiger partial charge on any atom is -0.464 e. The number of nitrogens with one attached hydrogen (secondary N) is 2. The quantitative estimate of drug-likeness (QED) is 0.704. The normalized spacial score (nSPS) is 22.5. The number of esters is 1. The first-order valence-corrected chi connectivity index (χ1v) is 10.8. The lowest BCUT2D eigenvalue weighted by Gasteiger charge is -2.31. The Balaban J connectivity index is 1.69. The third-order valence-corrected chi connectivity index (χ3v) is 6.26. The average Bonchev–Trinajstić information content (AvgIpc) is 3.42. The predicted octanol–water partition coefficient (Wildman–Crippen LogP) is 3.66. The van der Waals surface area contributed by atoms with Crippen LogP contribution in [0, 0.1) is 6.92 Å². The summed E-state index contributed by atoms with van der Waals surface area (Å²) in [5, 5.41) is 7.74. The Morgan fingerprint density at radius 1 is 1.38 bits per heavy atom. The van der Waals surface area contributed by atoms with Crippen molar-refractivity contribution in [2.75, 3.05) is 19.7 Å². The Morgan fingerprint density at radius 3 is 2.93 bits per heavy atom. The molecule has 4 heterocycles. The number of hydrogen-bond donors (Lipinski definition) is 2. The topological polar surface area (TPSA) is 83.8 Å². The fourth-order valence-electron chi connectivity index (χ4n) is 4.04. The summed E-state index contributed by atoms with van der Waals surface area (Å²) in [6.07, 6.45) is 2.15. The fraction of sp³-hybridized carbons (Fsp3) is 0.429. The monoisotopic (exact) mass is 415 g/mol. The van der Waals surface area contributed by atoms with Crippen molar-refractivity contribution >= 4 is 23.3 Å². The van der Waals surface area contributed by atoms with Crippen molar-refractivity contribution in [3.8, 4) is 0 Å². The van der Waals surface area contributed by atoms with Crippen LogP contribution in [0.25, 0.3) is 0 Å². The highest BCUT2D eigenvalue weighted by atomic mass is 32.1. The first kappa shape index (κ1) is 19.7. The summed E-state index contributed by atoms with van der Waals surface area (Å²) in [6, 6.07) is 7.08.